The van der Waals surface area contributed by atoms with E-state index in [4.69, 9.17) is 9.47 Å². The minimum Gasteiger partial charge on any atom is -0.462 e. The zero-order chi connectivity index (χ0) is 23.2. The number of rotatable bonds is 9. The summed E-state index contributed by atoms with van der Waals surface area (Å²) in [5.41, 5.74) is 0.881. The van der Waals surface area contributed by atoms with Gasteiger partial charge in [0.1, 0.15) is 11.2 Å². The SMILES string of the molecule is CCOC(=O)c1cn(N(C)C)c2ccc(CCCNCC(=O)OC(C)(C)C)cc2c1=O. The Morgan fingerprint density at radius 2 is 1.90 bits per heavy atom. The van der Waals surface area contributed by atoms with Gasteiger partial charge in [0.15, 0.2) is 0 Å². The summed E-state index contributed by atoms with van der Waals surface area (Å²) >= 11 is 0. The molecule has 170 valence electrons. The van der Waals surface area contributed by atoms with Crippen molar-refractivity contribution in [3.63, 3.8) is 0 Å². The number of esters is 2. The highest BCUT2D eigenvalue weighted by atomic mass is 16.6. The molecule has 1 aromatic heterocycles. The Morgan fingerprint density at radius 3 is 2.52 bits per heavy atom. The second-order valence-electron chi connectivity index (χ2n) is 8.50. The lowest BCUT2D eigenvalue weighted by atomic mass is 10.0. The first-order chi connectivity index (χ1) is 14.5. The van der Waals surface area contributed by atoms with E-state index in [1.165, 1.54) is 6.20 Å². The molecule has 0 saturated carbocycles. The Morgan fingerprint density at radius 1 is 1.19 bits per heavy atom. The van der Waals surface area contributed by atoms with Crippen LogP contribution in [0.15, 0.2) is 29.2 Å². The van der Waals surface area contributed by atoms with E-state index in [9.17, 15) is 14.4 Å². The number of hydrogen-bond acceptors (Lipinski definition) is 7. The third-order valence-electron chi connectivity index (χ3n) is 4.48. The molecule has 8 heteroatoms. The summed E-state index contributed by atoms with van der Waals surface area (Å²) in [5, 5.41) is 5.35. The van der Waals surface area contributed by atoms with Gasteiger partial charge in [-0.1, -0.05) is 6.07 Å². The molecular weight excluding hydrogens is 398 g/mol. The standard InChI is InChI=1S/C23H33N3O5/c1-7-30-22(29)18-15-26(25(5)6)19-11-10-16(13-17(19)21(18)28)9-8-12-24-14-20(27)31-23(2,3)4/h10-11,13,15,24H,7-9,12,14H2,1-6H3. The maximum absolute atomic E-state index is 12.9. The Hall–Kier alpha value is -2.87. The number of aryl methyl sites for hydroxylation is 1. The lowest BCUT2D eigenvalue weighted by Crippen LogP contribution is -2.32. The van der Waals surface area contributed by atoms with E-state index in [0.717, 1.165) is 23.9 Å². The molecule has 0 aliphatic heterocycles. The van der Waals surface area contributed by atoms with E-state index in [0.29, 0.717) is 11.9 Å². The quantitative estimate of drug-likeness (QED) is 0.481. The molecule has 31 heavy (non-hydrogen) atoms. The molecule has 2 rings (SSSR count). The number of aromatic nitrogens is 1. The van der Waals surface area contributed by atoms with Crippen LogP contribution in [0.1, 0.15) is 50.0 Å². The van der Waals surface area contributed by atoms with Crippen LogP contribution >= 0.6 is 0 Å². The van der Waals surface area contributed by atoms with Gasteiger partial charge >= 0.3 is 11.9 Å². The molecule has 1 aromatic carbocycles. The Kier molecular flexibility index (Phi) is 8.21. The van der Waals surface area contributed by atoms with Crippen LogP contribution in [0.25, 0.3) is 10.9 Å². The van der Waals surface area contributed by atoms with E-state index in [-0.39, 0.29) is 30.1 Å². The maximum Gasteiger partial charge on any atom is 0.343 e. The normalized spacial score (nSPS) is 11.4. The van der Waals surface area contributed by atoms with Crippen LogP contribution in [0, 0.1) is 0 Å². The van der Waals surface area contributed by atoms with E-state index in [2.05, 4.69) is 5.32 Å². The molecule has 0 spiro atoms. The minimum absolute atomic E-state index is 0.0132. The fourth-order valence-electron chi connectivity index (χ4n) is 3.19. The predicted molar refractivity (Wildman–Crippen MR) is 121 cm³/mol. The highest BCUT2D eigenvalue weighted by molar-refractivity contribution is 5.94. The first-order valence-corrected chi connectivity index (χ1v) is 10.5. The van der Waals surface area contributed by atoms with Gasteiger partial charge in [-0.25, -0.2) is 4.79 Å². The average Bonchev–Trinajstić information content (AvgIpc) is 2.66. The molecule has 0 bridgehead atoms. The number of nitrogens with zero attached hydrogens (tertiary/aromatic N) is 2. The van der Waals surface area contributed by atoms with E-state index >= 15 is 0 Å². The smallest absolute Gasteiger partial charge is 0.343 e. The van der Waals surface area contributed by atoms with Gasteiger partial charge in [0.25, 0.3) is 0 Å². The molecule has 0 unspecified atom stereocenters. The summed E-state index contributed by atoms with van der Waals surface area (Å²) in [6.45, 7) is 8.22. The third kappa shape index (κ3) is 6.82. The van der Waals surface area contributed by atoms with Gasteiger partial charge < -0.3 is 19.8 Å². The molecule has 0 fully saturated rings. The minimum atomic E-state index is -0.623. The van der Waals surface area contributed by atoms with Gasteiger partial charge in [-0.05, 0) is 64.8 Å². The van der Waals surface area contributed by atoms with Crippen molar-refractivity contribution >= 4 is 22.8 Å². The predicted octanol–water partition coefficient (Wildman–Crippen LogP) is 2.24. The maximum atomic E-state index is 12.9. The summed E-state index contributed by atoms with van der Waals surface area (Å²) in [5.74, 6) is -0.907. The second kappa shape index (κ2) is 10.4. The number of hydrogen-bond donors (Lipinski definition) is 1. The first kappa shape index (κ1) is 24.4. The van der Waals surface area contributed by atoms with Crippen LogP contribution in [0.5, 0.6) is 0 Å². The van der Waals surface area contributed by atoms with Crippen molar-refractivity contribution < 1.29 is 19.1 Å². The van der Waals surface area contributed by atoms with Crippen LogP contribution in [-0.2, 0) is 20.7 Å². The molecule has 0 aliphatic carbocycles. The largest absolute Gasteiger partial charge is 0.462 e. The molecule has 0 saturated heterocycles. The summed E-state index contributed by atoms with van der Waals surface area (Å²) in [6.07, 6.45) is 3.03. The number of carbonyl (C=O) groups excluding carboxylic acids is 2. The number of ether oxygens (including phenoxy) is 2. The lowest BCUT2D eigenvalue weighted by Gasteiger charge is -2.21. The monoisotopic (exact) mass is 431 g/mol. The van der Waals surface area contributed by atoms with Gasteiger partial charge in [0.2, 0.25) is 5.43 Å². The van der Waals surface area contributed by atoms with Gasteiger partial charge in [0.05, 0.1) is 18.7 Å². The fourth-order valence-corrected chi connectivity index (χ4v) is 3.19. The Labute approximate surface area is 183 Å². The van der Waals surface area contributed by atoms with Crippen LogP contribution in [0.4, 0.5) is 0 Å². The Bertz CT molecular complexity index is 989. The van der Waals surface area contributed by atoms with Crippen molar-refractivity contribution in [1.29, 1.82) is 0 Å². The summed E-state index contributed by atoms with van der Waals surface area (Å²) in [6, 6.07) is 5.68. The summed E-state index contributed by atoms with van der Waals surface area (Å²) < 4.78 is 12.1. The zero-order valence-electron chi connectivity index (χ0n) is 19.3. The molecule has 0 aliphatic rings. The van der Waals surface area contributed by atoms with E-state index < -0.39 is 11.6 Å². The number of nitrogens with one attached hydrogen (secondary N) is 1. The van der Waals surface area contributed by atoms with Gasteiger partial charge in [-0.3, -0.25) is 14.3 Å². The second-order valence-corrected chi connectivity index (χ2v) is 8.50. The van der Waals surface area contributed by atoms with Crippen molar-refractivity contribution in [3.8, 4) is 0 Å². The van der Waals surface area contributed by atoms with Crippen molar-refractivity contribution in [1.82, 2.24) is 9.99 Å². The van der Waals surface area contributed by atoms with E-state index in [1.54, 1.807) is 16.6 Å². The summed E-state index contributed by atoms with van der Waals surface area (Å²) in [4.78, 5) is 36.9. The summed E-state index contributed by atoms with van der Waals surface area (Å²) in [7, 11) is 3.67. The van der Waals surface area contributed by atoms with Crippen LogP contribution in [0.2, 0.25) is 0 Å². The van der Waals surface area contributed by atoms with Gasteiger partial charge in [-0.15, -0.1) is 0 Å². The average molecular weight is 432 g/mol. The third-order valence-corrected chi connectivity index (χ3v) is 4.48. The number of carbonyl (C=O) groups is 2. The van der Waals surface area contributed by atoms with E-state index in [1.807, 2.05) is 53.1 Å². The van der Waals surface area contributed by atoms with Crippen LogP contribution in [0.3, 0.4) is 0 Å². The molecule has 1 N–H and O–H groups in total. The topological polar surface area (TPSA) is 89.9 Å². The highest BCUT2D eigenvalue weighted by Gasteiger charge is 2.18. The first-order valence-electron chi connectivity index (χ1n) is 10.5. The molecule has 8 nitrogen and oxygen atoms in total. The van der Waals surface area contributed by atoms with Crippen molar-refractivity contribution in [3.05, 3.63) is 45.7 Å². The van der Waals surface area contributed by atoms with Crippen LogP contribution in [-0.4, -0.2) is 56.0 Å². The molecule has 2 aromatic rings. The lowest BCUT2D eigenvalue weighted by molar-refractivity contribution is -0.153. The molecule has 0 atom stereocenters. The number of pyridine rings is 1. The van der Waals surface area contributed by atoms with Crippen LogP contribution < -0.4 is 15.8 Å². The van der Waals surface area contributed by atoms with Gasteiger partial charge in [0, 0.05) is 25.7 Å². The Balaban J connectivity index is 2.12. The van der Waals surface area contributed by atoms with Crippen molar-refractivity contribution in [2.45, 2.75) is 46.1 Å². The molecular formula is C23H33N3O5. The van der Waals surface area contributed by atoms with Gasteiger partial charge in [-0.2, -0.15) is 0 Å². The van der Waals surface area contributed by atoms with Crippen molar-refractivity contribution in [2.24, 2.45) is 0 Å². The number of benzene rings is 1. The fraction of sp³-hybridized carbons (Fsp3) is 0.522. The molecule has 0 amide bonds. The molecule has 0 radical (unpaired) electrons. The van der Waals surface area contributed by atoms with Crippen molar-refractivity contribution in [2.75, 3.05) is 38.8 Å². The number of fused-ring (bicyclic) bond motifs is 1. The molecule has 1 heterocycles. The highest BCUT2D eigenvalue weighted by Crippen LogP contribution is 2.16. The zero-order valence-corrected chi connectivity index (χ0v) is 19.3.